The first-order valence-electron chi connectivity index (χ1n) is 10.3. The maximum Gasteiger partial charge on any atom is 0.0537 e. The lowest BCUT2D eigenvalue weighted by Crippen LogP contribution is -2.51. The highest BCUT2D eigenvalue weighted by molar-refractivity contribution is 6.15. The number of hydrogen-bond acceptors (Lipinski definition) is 1. The van der Waals surface area contributed by atoms with Gasteiger partial charge in [-0.05, 0) is 37.5 Å². The molecule has 0 aromatic carbocycles. The molecule has 2 heteroatoms. The third-order valence-corrected chi connectivity index (χ3v) is 8.70. The van der Waals surface area contributed by atoms with Crippen molar-refractivity contribution in [2.24, 2.45) is 5.41 Å². The van der Waals surface area contributed by atoms with Crippen LogP contribution in [-0.2, 0) is 4.74 Å². The molecule has 0 spiro atoms. The van der Waals surface area contributed by atoms with Crippen LogP contribution in [0.1, 0.15) is 110 Å². The van der Waals surface area contributed by atoms with Gasteiger partial charge in [0.15, 0.2) is 0 Å². The summed E-state index contributed by atoms with van der Waals surface area (Å²) in [5.41, 5.74) is 0.462. The Morgan fingerprint density at radius 1 is 0.591 bits per heavy atom. The van der Waals surface area contributed by atoms with E-state index < -0.39 is 0 Å². The largest absolute Gasteiger partial charge is 0.379 e. The normalized spacial score (nSPS) is 33.1. The van der Waals surface area contributed by atoms with Crippen molar-refractivity contribution in [3.8, 4) is 0 Å². The minimum absolute atomic E-state index is 0.280. The molecule has 0 radical (unpaired) electrons. The third kappa shape index (κ3) is 5.37. The lowest BCUT2D eigenvalue weighted by molar-refractivity contribution is -0.104. The summed E-state index contributed by atoms with van der Waals surface area (Å²) in [4.78, 5) is 0. The van der Waals surface area contributed by atoms with E-state index in [4.69, 9.17) is 4.74 Å². The predicted molar refractivity (Wildman–Crippen MR) is 101 cm³/mol. The zero-order valence-corrected chi connectivity index (χ0v) is 17.4. The molecule has 1 unspecified atom stereocenters. The van der Waals surface area contributed by atoms with E-state index in [1.165, 1.54) is 113 Å². The molecule has 2 aliphatic rings. The molecule has 1 saturated carbocycles. The Morgan fingerprint density at radius 3 is 1.41 bits per heavy atom. The summed E-state index contributed by atoms with van der Waals surface area (Å²) in [6.45, 7) is 3.61. The van der Waals surface area contributed by atoms with Crippen LogP contribution in [0.5, 0.6) is 0 Å². The van der Waals surface area contributed by atoms with E-state index in [1.807, 2.05) is 0 Å². The van der Waals surface area contributed by atoms with E-state index >= 15 is 0 Å². The van der Waals surface area contributed by atoms with Crippen molar-refractivity contribution in [1.29, 1.82) is 0 Å². The highest BCUT2D eigenvalue weighted by atomic mass is 28.1. The average molecular weight is 325 g/mol. The summed E-state index contributed by atoms with van der Waals surface area (Å²) in [7, 11) is 1.22. The molecule has 0 aromatic heterocycles. The molecule has 1 atom stereocenters. The van der Waals surface area contributed by atoms with Crippen LogP contribution in [-0.4, -0.2) is 22.1 Å². The lowest BCUT2D eigenvalue weighted by atomic mass is 9.72. The second kappa shape index (κ2) is 9.47. The van der Waals surface area contributed by atoms with Crippen molar-refractivity contribution in [1.82, 2.24) is 0 Å². The summed E-state index contributed by atoms with van der Waals surface area (Å²) in [5.74, 6) is 0. The van der Waals surface area contributed by atoms with Gasteiger partial charge in [0.1, 0.15) is 0 Å². The lowest BCUT2D eigenvalue weighted by Gasteiger charge is -2.49. The first-order chi connectivity index (χ1) is 10.7. The summed E-state index contributed by atoms with van der Waals surface area (Å²) < 4.78 is 6.44. The maximum absolute atomic E-state index is 6.44. The molecule has 1 nitrogen and oxygen atoms in total. The zero-order chi connectivity index (χ0) is 15.7. The van der Waals surface area contributed by atoms with E-state index in [0.29, 0.717) is 5.41 Å². The third-order valence-electron chi connectivity index (χ3n) is 6.70. The summed E-state index contributed by atoms with van der Waals surface area (Å²) >= 11 is 0. The van der Waals surface area contributed by atoms with Gasteiger partial charge in [-0.3, -0.25) is 0 Å². The Labute approximate surface area is 142 Å². The number of ether oxygens (including phenoxy) is 1. The number of hydrogen-bond donors (Lipinski definition) is 0. The molecule has 1 heterocycles. The minimum atomic E-state index is 0.280. The van der Waals surface area contributed by atoms with Crippen LogP contribution in [0.4, 0.5) is 0 Å². The Morgan fingerprint density at radius 2 is 1.00 bits per heavy atom. The molecular weight excluding hydrogens is 284 g/mol. The molecule has 130 valence electrons. The summed E-state index contributed by atoms with van der Waals surface area (Å²) in [6, 6.07) is 0. The SMILES string of the molecule is CC1(C2([SiH3])CCCCO2)CCCCCCCCCCCCC1. The standard InChI is InChI=1S/C20H40OSi/c1-19(20(22)17-13-14-18-21-20)15-11-9-7-5-3-2-4-6-8-10-12-16-19/h2-18H2,1,22H3. The van der Waals surface area contributed by atoms with Crippen LogP contribution in [0, 0.1) is 5.41 Å². The zero-order valence-electron chi connectivity index (χ0n) is 15.4. The van der Waals surface area contributed by atoms with Gasteiger partial charge in [0.2, 0.25) is 0 Å². The highest BCUT2D eigenvalue weighted by Gasteiger charge is 2.44. The fourth-order valence-corrected chi connectivity index (χ4v) is 5.74. The quantitative estimate of drug-likeness (QED) is 0.592. The minimum Gasteiger partial charge on any atom is -0.379 e. The monoisotopic (exact) mass is 324 g/mol. The van der Waals surface area contributed by atoms with Crippen LogP contribution in [0.15, 0.2) is 0 Å². The van der Waals surface area contributed by atoms with E-state index in [2.05, 4.69) is 6.92 Å². The summed E-state index contributed by atoms with van der Waals surface area (Å²) in [5, 5.41) is 0.280. The Kier molecular flexibility index (Phi) is 7.97. The fourth-order valence-electron chi connectivity index (χ4n) is 4.69. The molecule has 0 bridgehead atoms. The van der Waals surface area contributed by atoms with Crippen LogP contribution in [0.3, 0.4) is 0 Å². The Hall–Kier alpha value is 0.177. The van der Waals surface area contributed by atoms with Crippen molar-refractivity contribution in [3.05, 3.63) is 0 Å². The van der Waals surface area contributed by atoms with E-state index in [-0.39, 0.29) is 5.22 Å². The van der Waals surface area contributed by atoms with Gasteiger partial charge in [0.05, 0.1) is 5.22 Å². The molecule has 0 aromatic rings. The second-order valence-corrected chi connectivity index (χ2v) is 10.1. The molecular formula is C20H40OSi. The highest BCUT2D eigenvalue weighted by Crippen LogP contribution is 2.46. The van der Waals surface area contributed by atoms with Crippen LogP contribution in [0.25, 0.3) is 0 Å². The maximum atomic E-state index is 6.44. The fraction of sp³-hybridized carbons (Fsp3) is 1.00. The molecule has 1 aliphatic heterocycles. The Balaban J connectivity index is 1.94. The van der Waals surface area contributed by atoms with Crippen molar-refractivity contribution in [2.75, 3.05) is 6.61 Å². The molecule has 2 rings (SSSR count). The molecule has 0 N–H and O–H groups in total. The van der Waals surface area contributed by atoms with E-state index in [9.17, 15) is 0 Å². The molecule has 0 amide bonds. The topological polar surface area (TPSA) is 9.23 Å². The average Bonchev–Trinajstić information content (AvgIpc) is 2.52. The van der Waals surface area contributed by atoms with Gasteiger partial charge in [-0.2, -0.15) is 0 Å². The predicted octanol–water partition coefficient (Wildman–Crippen LogP) is 5.34. The smallest absolute Gasteiger partial charge is 0.0537 e. The second-order valence-electron chi connectivity index (χ2n) is 8.49. The van der Waals surface area contributed by atoms with Gasteiger partial charge in [-0.25, -0.2) is 0 Å². The van der Waals surface area contributed by atoms with Crippen LogP contribution < -0.4 is 0 Å². The van der Waals surface area contributed by atoms with E-state index in [1.54, 1.807) is 0 Å². The molecule has 1 saturated heterocycles. The molecule has 1 aliphatic carbocycles. The first-order valence-corrected chi connectivity index (χ1v) is 11.3. The van der Waals surface area contributed by atoms with Crippen LogP contribution >= 0.6 is 0 Å². The van der Waals surface area contributed by atoms with Gasteiger partial charge < -0.3 is 4.74 Å². The van der Waals surface area contributed by atoms with Crippen molar-refractivity contribution in [2.45, 2.75) is 115 Å². The van der Waals surface area contributed by atoms with Gasteiger partial charge in [0.25, 0.3) is 0 Å². The van der Waals surface area contributed by atoms with Crippen molar-refractivity contribution >= 4 is 10.2 Å². The van der Waals surface area contributed by atoms with Crippen molar-refractivity contribution in [3.63, 3.8) is 0 Å². The number of rotatable bonds is 1. The van der Waals surface area contributed by atoms with Gasteiger partial charge in [-0.15, -0.1) is 0 Å². The van der Waals surface area contributed by atoms with Gasteiger partial charge in [0, 0.05) is 16.8 Å². The van der Waals surface area contributed by atoms with Crippen molar-refractivity contribution < 1.29 is 4.74 Å². The summed E-state index contributed by atoms with van der Waals surface area (Å²) in [6.07, 6.45) is 22.9. The van der Waals surface area contributed by atoms with E-state index in [0.717, 1.165) is 6.61 Å². The first kappa shape index (κ1) is 18.5. The molecule has 2 fully saturated rings. The van der Waals surface area contributed by atoms with Gasteiger partial charge >= 0.3 is 0 Å². The Bertz CT molecular complexity index is 282. The molecule has 22 heavy (non-hydrogen) atoms. The van der Waals surface area contributed by atoms with Crippen LogP contribution in [0.2, 0.25) is 0 Å². The van der Waals surface area contributed by atoms with Gasteiger partial charge in [-0.1, -0.05) is 77.6 Å².